The Balaban J connectivity index is 1.71. The zero-order valence-electron chi connectivity index (χ0n) is 13.6. The lowest BCUT2D eigenvalue weighted by molar-refractivity contribution is 0.102. The average molecular weight is 318 g/mol. The van der Waals surface area contributed by atoms with Crippen molar-refractivity contribution in [3.05, 3.63) is 77.5 Å². The third-order valence-electron chi connectivity index (χ3n) is 3.80. The van der Waals surface area contributed by atoms with E-state index in [9.17, 15) is 4.79 Å². The van der Waals surface area contributed by atoms with Crippen LogP contribution < -0.4 is 10.6 Å². The number of carbonyl (C=O) groups is 1. The molecule has 0 atom stereocenters. The smallest absolute Gasteiger partial charge is 0.276 e. The fourth-order valence-electron chi connectivity index (χ4n) is 2.26. The maximum absolute atomic E-state index is 12.3. The Labute approximate surface area is 140 Å². The molecule has 2 aromatic carbocycles. The molecule has 0 aliphatic heterocycles. The Hall–Kier alpha value is -3.21. The SMILES string of the molecule is Cc1cccc(NC(=O)c2ccc(Nc3ccccc3)nn2)c1C. The Bertz CT molecular complexity index is 845. The third-order valence-corrected chi connectivity index (χ3v) is 3.80. The van der Waals surface area contributed by atoms with Crippen molar-refractivity contribution in [3.8, 4) is 0 Å². The van der Waals surface area contributed by atoms with Gasteiger partial charge in [0.2, 0.25) is 0 Å². The van der Waals surface area contributed by atoms with Gasteiger partial charge < -0.3 is 10.6 Å². The molecule has 0 spiro atoms. The minimum Gasteiger partial charge on any atom is -0.339 e. The first-order chi connectivity index (χ1) is 11.6. The van der Waals surface area contributed by atoms with Gasteiger partial charge in [-0.25, -0.2) is 0 Å². The van der Waals surface area contributed by atoms with Gasteiger partial charge in [0.15, 0.2) is 11.5 Å². The quantitative estimate of drug-likeness (QED) is 0.760. The summed E-state index contributed by atoms with van der Waals surface area (Å²) in [5.74, 6) is 0.312. The number of amides is 1. The molecule has 120 valence electrons. The molecule has 24 heavy (non-hydrogen) atoms. The summed E-state index contributed by atoms with van der Waals surface area (Å²) in [5.41, 5.74) is 4.14. The molecule has 0 fully saturated rings. The fourth-order valence-corrected chi connectivity index (χ4v) is 2.26. The van der Waals surface area contributed by atoms with Crippen LogP contribution in [0.3, 0.4) is 0 Å². The number of rotatable bonds is 4. The van der Waals surface area contributed by atoms with E-state index < -0.39 is 0 Å². The van der Waals surface area contributed by atoms with Gasteiger partial charge >= 0.3 is 0 Å². The minimum absolute atomic E-state index is 0.273. The van der Waals surface area contributed by atoms with Crippen molar-refractivity contribution < 1.29 is 4.79 Å². The van der Waals surface area contributed by atoms with E-state index in [1.165, 1.54) is 0 Å². The highest BCUT2D eigenvalue weighted by atomic mass is 16.1. The van der Waals surface area contributed by atoms with Crippen LogP contribution in [0.15, 0.2) is 60.7 Å². The van der Waals surface area contributed by atoms with E-state index in [1.54, 1.807) is 12.1 Å². The van der Waals surface area contributed by atoms with Crippen molar-refractivity contribution in [3.63, 3.8) is 0 Å². The van der Waals surface area contributed by atoms with Crippen molar-refractivity contribution in [1.29, 1.82) is 0 Å². The molecule has 0 saturated heterocycles. The molecule has 0 bridgehead atoms. The van der Waals surface area contributed by atoms with Crippen LogP contribution in [-0.4, -0.2) is 16.1 Å². The number of nitrogens with zero attached hydrogens (tertiary/aromatic N) is 2. The van der Waals surface area contributed by atoms with Crippen LogP contribution in [-0.2, 0) is 0 Å². The molecule has 3 rings (SSSR count). The molecule has 5 nitrogen and oxygen atoms in total. The maximum atomic E-state index is 12.3. The Morgan fingerprint density at radius 1 is 0.875 bits per heavy atom. The Morgan fingerprint density at radius 3 is 2.38 bits per heavy atom. The summed E-state index contributed by atoms with van der Waals surface area (Å²) in [6, 6.07) is 18.9. The van der Waals surface area contributed by atoms with Crippen molar-refractivity contribution in [2.24, 2.45) is 0 Å². The largest absolute Gasteiger partial charge is 0.339 e. The van der Waals surface area contributed by atoms with Crippen molar-refractivity contribution >= 4 is 23.1 Å². The summed E-state index contributed by atoms with van der Waals surface area (Å²) in [5, 5.41) is 14.1. The first-order valence-electron chi connectivity index (χ1n) is 7.67. The van der Waals surface area contributed by atoms with E-state index in [1.807, 2.05) is 62.4 Å². The van der Waals surface area contributed by atoms with E-state index in [0.717, 1.165) is 22.5 Å². The van der Waals surface area contributed by atoms with Crippen molar-refractivity contribution in [2.45, 2.75) is 13.8 Å². The third kappa shape index (κ3) is 3.57. The molecule has 2 N–H and O–H groups in total. The first-order valence-corrected chi connectivity index (χ1v) is 7.67. The lowest BCUT2D eigenvalue weighted by Gasteiger charge is -2.10. The number of aromatic nitrogens is 2. The molecule has 0 aliphatic carbocycles. The topological polar surface area (TPSA) is 66.9 Å². The lowest BCUT2D eigenvalue weighted by Crippen LogP contribution is -2.15. The van der Waals surface area contributed by atoms with Gasteiger partial charge in [0.1, 0.15) is 0 Å². The number of benzene rings is 2. The molecule has 1 heterocycles. The molecule has 0 saturated carbocycles. The van der Waals surface area contributed by atoms with Crippen LogP contribution in [0, 0.1) is 13.8 Å². The van der Waals surface area contributed by atoms with Crippen LogP contribution in [0.4, 0.5) is 17.2 Å². The summed E-state index contributed by atoms with van der Waals surface area (Å²) in [4.78, 5) is 12.3. The summed E-state index contributed by atoms with van der Waals surface area (Å²) in [7, 11) is 0. The van der Waals surface area contributed by atoms with E-state index >= 15 is 0 Å². The molecular weight excluding hydrogens is 300 g/mol. The molecule has 0 unspecified atom stereocenters. The molecule has 0 radical (unpaired) electrons. The van der Waals surface area contributed by atoms with Gasteiger partial charge in [0.25, 0.3) is 5.91 Å². The molecule has 3 aromatic rings. The number of nitrogens with one attached hydrogen (secondary N) is 2. The van der Waals surface area contributed by atoms with Gasteiger partial charge in [0, 0.05) is 11.4 Å². The standard InChI is InChI=1S/C19H18N4O/c1-13-7-6-10-16(14(13)2)21-19(24)17-11-12-18(23-22-17)20-15-8-4-3-5-9-15/h3-12H,1-2H3,(H,20,23)(H,21,24). The molecular formula is C19H18N4O. The van der Waals surface area contributed by atoms with Crippen molar-refractivity contribution in [1.82, 2.24) is 10.2 Å². The predicted octanol–water partition coefficient (Wildman–Crippen LogP) is 4.09. The lowest BCUT2D eigenvalue weighted by atomic mass is 10.1. The van der Waals surface area contributed by atoms with Gasteiger partial charge in [-0.15, -0.1) is 10.2 Å². The average Bonchev–Trinajstić information content (AvgIpc) is 2.60. The van der Waals surface area contributed by atoms with Crippen LogP contribution in [0.2, 0.25) is 0 Å². The van der Waals surface area contributed by atoms with Gasteiger partial charge in [0.05, 0.1) is 0 Å². The highest BCUT2D eigenvalue weighted by molar-refractivity contribution is 6.03. The Morgan fingerprint density at radius 2 is 1.67 bits per heavy atom. The van der Waals surface area contributed by atoms with E-state index in [2.05, 4.69) is 20.8 Å². The molecule has 1 aromatic heterocycles. The second kappa shape index (κ2) is 6.91. The number of hydrogen-bond donors (Lipinski definition) is 2. The summed E-state index contributed by atoms with van der Waals surface area (Å²) < 4.78 is 0. The minimum atomic E-state index is -0.275. The summed E-state index contributed by atoms with van der Waals surface area (Å²) >= 11 is 0. The fraction of sp³-hybridized carbons (Fsp3) is 0.105. The van der Waals surface area contributed by atoms with Crippen LogP contribution >= 0.6 is 0 Å². The van der Waals surface area contributed by atoms with Crippen molar-refractivity contribution in [2.75, 3.05) is 10.6 Å². The van der Waals surface area contributed by atoms with Crippen LogP contribution in [0.5, 0.6) is 0 Å². The zero-order valence-corrected chi connectivity index (χ0v) is 13.6. The molecule has 0 aliphatic rings. The summed E-state index contributed by atoms with van der Waals surface area (Å²) in [6.45, 7) is 3.98. The van der Waals surface area contributed by atoms with Gasteiger partial charge in [-0.05, 0) is 55.3 Å². The van der Waals surface area contributed by atoms with Gasteiger partial charge in [-0.2, -0.15) is 0 Å². The van der Waals surface area contributed by atoms with E-state index in [-0.39, 0.29) is 11.6 Å². The second-order valence-corrected chi connectivity index (χ2v) is 5.50. The van der Waals surface area contributed by atoms with E-state index in [0.29, 0.717) is 5.82 Å². The Kier molecular flexibility index (Phi) is 4.52. The van der Waals surface area contributed by atoms with Gasteiger partial charge in [-0.1, -0.05) is 30.3 Å². The molecule has 1 amide bonds. The van der Waals surface area contributed by atoms with Crippen LogP contribution in [0.25, 0.3) is 0 Å². The number of carbonyl (C=O) groups excluding carboxylic acids is 1. The monoisotopic (exact) mass is 318 g/mol. The maximum Gasteiger partial charge on any atom is 0.276 e. The zero-order chi connectivity index (χ0) is 16.9. The number of para-hydroxylation sites is 1. The number of aryl methyl sites for hydroxylation is 1. The van der Waals surface area contributed by atoms with Crippen LogP contribution in [0.1, 0.15) is 21.6 Å². The normalized spacial score (nSPS) is 10.2. The predicted molar refractivity (Wildman–Crippen MR) is 95.6 cm³/mol. The van der Waals surface area contributed by atoms with E-state index in [4.69, 9.17) is 0 Å². The highest BCUT2D eigenvalue weighted by Crippen LogP contribution is 2.19. The summed E-state index contributed by atoms with van der Waals surface area (Å²) in [6.07, 6.45) is 0. The van der Waals surface area contributed by atoms with Gasteiger partial charge in [-0.3, -0.25) is 4.79 Å². The first kappa shape index (κ1) is 15.7. The number of hydrogen-bond acceptors (Lipinski definition) is 4. The molecule has 5 heteroatoms. The number of anilines is 3. The second-order valence-electron chi connectivity index (χ2n) is 5.50. The highest BCUT2D eigenvalue weighted by Gasteiger charge is 2.10.